The summed E-state index contributed by atoms with van der Waals surface area (Å²) < 4.78 is 13.1. The van der Waals surface area contributed by atoms with E-state index < -0.39 is 5.54 Å². The summed E-state index contributed by atoms with van der Waals surface area (Å²) in [5.74, 6) is -0.0209. The minimum atomic E-state index is -0.481. The van der Waals surface area contributed by atoms with Gasteiger partial charge in [-0.1, -0.05) is 25.1 Å². The Kier molecular flexibility index (Phi) is 8.72. The van der Waals surface area contributed by atoms with Crippen LogP contribution in [0.5, 0.6) is 0 Å². The summed E-state index contributed by atoms with van der Waals surface area (Å²) in [6.45, 7) is 7.42. The Balaban J connectivity index is 0.00000324. The number of benzene rings is 2. The SMILES string of the molecule is CCC(C)N1CN(c2ccccc2)C2(CCN(CCCC(=O)c3ccc(F)cc3)CC2)C1=O.Cl. The minimum absolute atomic E-state index is 0. The molecule has 1 unspecified atom stereocenters. The smallest absolute Gasteiger partial charge is 0.250 e. The summed E-state index contributed by atoms with van der Waals surface area (Å²) in [6, 6.07) is 16.3. The maximum Gasteiger partial charge on any atom is 0.250 e. The molecule has 5 nitrogen and oxygen atoms in total. The van der Waals surface area contributed by atoms with E-state index in [-0.39, 0.29) is 36.0 Å². The lowest BCUT2D eigenvalue weighted by Crippen LogP contribution is -2.56. The van der Waals surface area contributed by atoms with E-state index in [1.807, 2.05) is 23.1 Å². The molecule has 2 heterocycles. The number of hydrogen-bond acceptors (Lipinski definition) is 4. The fourth-order valence-electron chi connectivity index (χ4n) is 5.11. The molecule has 0 aromatic heterocycles. The predicted molar refractivity (Wildman–Crippen MR) is 136 cm³/mol. The molecule has 4 rings (SSSR count). The van der Waals surface area contributed by atoms with Crippen molar-refractivity contribution in [1.82, 2.24) is 9.80 Å². The van der Waals surface area contributed by atoms with Crippen molar-refractivity contribution in [3.63, 3.8) is 0 Å². The summed E-state index contributed by atoms with van der Waals surface area (Å²) >= 11 is 0. The van der Waals surface area contributed by atoms with Crippen LogP contribution in [0.2, 0.25) is 0 Å². The average molecular weight is 488 g/mol. The van der Waals surface area contributed by atoms with Crippen molar-refractivity contribution in [2.75, 3.05) is 31.2 Å². The maximum atomic E-state index is 13.7. The molecule has 1 atom stereocenters. The Morgan fingerprint density at radius 1 is 1.06 bits per heavy atom. The fourth-order valence-corrected chi connectivity index (χ4v) is 5.11. The first kappa shape index (κ1) is 26.2. The summed E-state index contributed by atoms with van der Waals surface area (Å²) in [5.41, 5.74) is 1.19. The number of nitrogens with zero attached hydrogens (tertiary/aromatic N) is 3. The number of piperidine rings is 1. The van der Waals surface area contributed by atoms with Gasteiger partial charge >= 0.3 is 0 Å². The molecule has 184 valence electrons. The number of para-hydroxylation sites is 1. The van der Waals surface area contributed by atoms with E-state index in [1.165, 1.54) is 12.1 Å². The lowest BCUT2D eigenvalue weighted by molar-refractivity contribution is -0.135. The molecular weight excluding hydrogens is 453 g/mol. The Morgan fingerprint density at radius 3 is 2.32 bits per heavy atom. The van der Waals surface area contributed by atoms with E-state index in [4.69, 9.17) is 0 Å². The molecule has 34 heavy (non-hydrogen) atoms. The maximum absolute atomic E-state index is 13.7. The van der Waals surface area contributed by atoms with E-state index in [0.717, 1.165) is 51.0 Å². The van der Waals surface area contributed by atoms with Crippen LogP contribution in [0.4, 0.5) is 10.1 Å². The second-order valence-electron chi connectivity index (χ2n) is 9.34. The van der Waals surface area contributed by atoms with Gasteiger partial charge in [0, 0.05) is 36.8 Å². The lowest BCUT2D eigenvalue weighted by atomic mass is 9.85. The third-order valence-electron chi connectivity index (χ3n) is 7.39. The first-order valence-corrected chi connectivity index (χ1v) is 12.1. The molecule has 0 saturated carbocycles. The van der Waals surface area contributed by atoms with Gasteiger partial charge in [-0.2, -0.15) is 0 Å². The lowest BCUT2D eigenvalue weighted by Gasteiger charge is -2.43. The van der Waals surface area contributed by atoms with Gasteiger partial charge in [0.1, 0.15) is 11.4 Å². The molecule has 2 aromatic rings. The van der Waals surface area contributed by atoms with Crippen LogP contribution < -0.4 is 4.90 Å². The number of rotatable bonds is 8. The van der Waals surface area contributed by atoms with Gasteiger partial charge in [0.05, 0.1) is 6.67 Å². The second kappa shape index (κ2) is 11.3. The number of carbonyl (C=O) groups is 2. The number of Topliss-reactive ketones (excluding diaryl/α,β-unsaturated/α-hetero) is 1. The summed E-state index contributed by atoms with van der Waals surface area (Å²) in [7, 11) is 0. The summed E-state index contributed by atoms with van der Waals surface area (Å²) in [6.07, 6.45) is 3.74. The van der Waals surface area contributed by atoms with Gasteiger partial charge in [0.2, 0.25) is 5.91 Å². The number of carbonyl (C=O) groups excluding carboxylic acids is 2. The first-order chi connectivity index (χ1) is 15.9. The highest BCUT2D eigenvalue weighted by Crippen LogP contribution is 2.40. The fraction of sp³-hybridized carbons (Fsp3) is 0.481. The van der Waals surface area contributed by atoms with Gasteiger partial charge in [-0.05, 0) is 75.5 Å². The Morgan fingerprint density at radius 2 is 1.71 bits per heavy atom. The van der Waals surface area contributed by atoms with E-state index in [9.17, 15) is 14.0 Å². The van der Waals surface area contributed by atoms with E-state index >= 15 is 0 Å². The highest BCUT2D eigenvalue weighted by Gasteiger charge is 2.54. The Labute approximate surface area is 208 Å². The zero-order valence-corrected chi connectivity index (χ0v) is 20.9. The number of halogens is 2. The second-order valence-corrected chi connectivity index (χ2v) is 9.34. The topological polar surface area (TPSA) is 43.9 Å². The van der Waals surface area contributed by atoms with Crippen molar-refractivity contribution in [2.45, 2.75) is 57.5 Å². The Hall–Kier alpha value is -2.44. The van der Waals surface area contributed by atoms with Crippen LogP contribution in [0.3, 0.4) is 0 Å². The van der Waals surface area contributed by atoms with Crippen molar-refractivity contribution in [3.8, 4) is 0 Å². The molecule has 2 aliphatic heterocycles. The number of ketones is 1. The summed E-state index contributed by atoms with van der Waals surface area (Å²) in [4.78, 5) is 32.8. The van der Waals surface area contributed by atoms with Gasteiger partial charge < -0.3 is 14.7 Å². The number of likely N-dealkylation sites (tertiary alicyclic amines) is 1. The molecule has 7 heteroatoms. The van der Waals surface area contributed by atoms with Crippen LogP contribution in [-0.2, 0) is 4.79 Å². The molecule has 0 N–H and O–H groups in total. The standard InChI is InChI=1S/C27H34FN3O2.ClH/c1-3-21(2)30-20-31(24-8-5-4-6-9-24)27(26(30)33)15-18-29(19-16-27)17-7-10-25(32)22-11-13-23(28)14-12-22;/h4-6,8-9,11-14,21H,3,7,10,15-20H2,1-2H3;1H. The van der Waals surface area contributed by atoms with E-state index in [2.05, 4.69) is 35.8 Å². The molecule has 0 bridgehead atoms. The summed E-state index contributed by atoms with van der Waals surface area (Å²) in [5, 5.41) is 0. The molecular formula is C27H35ClFN3O2. The van der Waals surface area contributed by atoms with Gasteiger partial charge in [-0.15, -0.1) is 12.4 Å². The number of amides is 1. The molecule has 2 saturated heterocycles. The molecule has 2 aromatic carbocycles. The zero-order chi connectivity index (χ0) is 23.4. The van der Waals surface area contributed by atoms with Crippen LogP contribution in [0.1, 0.15) is 56.3 Å². The Bertz CT molecular complexity index is 962. The monoisotopic (exact) mass is 487 g/mol. The molecule has 1 spiro atoms. The predicted octanol–water partition coefficient (Wildman–Crippen LogP) is 5.15. The largest absolute Gasteiger partial charge is 0.339 e. The molecule has 1 amide bonds. The molecule has 2 fully saturated rings. The van der Waals surface area contributed by atoms with Crippen molar-refractivity contribution >= 4 is 29.8 Å². The van der Waals surface area contributed by atoms with Gasteiger partial charge in [0.15, 0.2) is 5.78 Å². The highest BCUT2D eigenvalue weighted by molar-refractivity contribution is 5.96. The third-order valence-corrected chi connectivity index (χ3v) is 7.39. The third kappa shape index (κ3) is 5.28. The van der Waals surface area contributed by atoms with Crippen LogP contribution in [0.15, 0.2) is 54.6 Å². The van der Waals surface area contributed by atoms with E-state index in [1.54, 1.807) is 12.1 Å². The molecule has 0 aliphatic carbocycles. The molecule has 0 radical (unpaired) electrons. The van der Waals surface area contributed by atoms with Gasteiger partial charge in [0.25, 0.3) is 0 Å². The average Bonchev–Trinajstić information content (AvgIpc) is 3.12. The van der Waals surface area contributed by atoms with Crippen LogP contribution in [0, 0.1) is 5.82 Å². The van der Waals surface area contributed by atoms with E-state index in [0.29, 0.717) is 18.7 Å². The minimum Gasteiger partial charge on any atom is -0.339 e. The van der Waals surface area contributed by atoms with Crippen molar-refractivity contribution in [2.24, 2.45) is 0 Å². The van der Waals surface area contributed by atoms with Crippen LogP contribution >= 0.6 is 12.4 Å². The van der Waals surface area contributed by atoms with Gasteiger partial charge in [-0.3, -0.25) is 9.59 Å². The van der Waals surface area contributed by atoms with Crippen molar-refractivity contribution < 1.29 is 14.0 Å². The van der Waals surface area contributed by atoms with Crippen molar-refractivity contribution in [3.05, 3.63) is 66.0 Å². The normalized spacial score (nSPS) is 18.7. The number of anilines is 1. The number of hydrogen-bond donors (Lipinski definition) is 0. The zero-order valence-electron chi connectivity index (χ0n) is 20.1. The highest BCUT2D eigenvalue weighted by atomic mass is 35.5. The first-order valence-electron chi connectivity index (χ1n) is 12.1. The van der Waals surface area contributed by atoms with Gasteiger partial charge in [-0.25, -0.2) is 4.39 Å². The van der Waals surface area contributed by atoms with Crippen LogP contribution in [-0.4, -0.2) is 59.4 Å². The van der Waals surface area contributed by atoms with Crippen molar-refractivity contribution in [1.29, 1.82) is 0 Å². The quantitative estimate of drug-likeness (QED) is 0.483. The van der Waals surface area contributed by atoms with Crippen LogP contribution in [0.25, 0.3) is 0 Å². The molecule has 2 aliphatic rings.